The van der Waals surface area contributed by atoms with Crippen LogP contribution in [0.5, 0.6) is 0 Å². The number of anilines is 2. The van der Waals surface area contributed by atoms with Crippen LogP contribution in [0.4, 0.5) is 20.5 Å². The fourth-order valence-electron chi connectivity index (χ4n) is 6.42. The predicted molar refractivity (Wildman–Crippen MR) is 159 cm³/mol. The van der Waals surface area contributed by atoms with Crippen molar-refractivity contribution in [3.63, 3.8) is 0 Å². The molecule has 2 aromatic heterocycles. The third-order valence-corrected chi connectivity index (χ3v) is 8.71. The van der Waals surface area contributed by atoms with E-state index in [1.807, 2.05) is 19.9 Å². The number of aliphatic hydroxyl groups is 1. The van der Waals surface area contributed by atoms with Gasteiger partial charge in [-0.2, -0.15) is 9.97 Å². The molecule has 0 spiro atoms. The van der Waals surface area contributed by atoms with Crippen molar-refractivity contribution in [3.05, 3.63) is 36.2 Å². The molecule has 2 aliphatic carbocycles. The fourth-order valence-corrected chi connectivity index (χ4v) is 6.42. The maximum absolute atomic E-state index is 14.2. The molecule has 1 aliphatic heterocycles. The number of nitrogens with one attached hydrogen (secondary N) is 1. The van der Waals surface area contributed by atoms with Crippen molar-refractivity contribution >= 4 is 22.8 Å². The molecule has 2 N–H and O–H groups in total. The Balaban J connectivity index is 1.19. The molecule has 6 rings (SSSR count). The normalized spacial score (nSPS) is 21.9. The van der Waals surface area contributed by atoms with Crippen LogP contribution in [0.25, 0.3) is 16.9 Å². The van der Waals surface area contributed by atoms with Crippen molar-refractivity contribution < 1.29 is 18.6 Å². The first-order valence-corrected chi connectivity index (χ1v) is 15.4. The number of halogens is 2. The Labute approximate surface area is 246 Å². The van der Waals surface area contributed by atoms with E-state index in [2.05, 4.69) is 20.1 Å². The summed E-state index contributed by atoms with van der Waals surface area (Å²) >= 11 is 0. The van der Waals surface area contributed by atoms with E-state index in [1.54, 1.807) is 24.3 Å². The summed E-state index contributed by atoms with van der Waals surface area (Å²) in [6.45, 7) is 8.86. The van der Waals surface area contributed by atoms with Crippen molar-refractivity contribution in [2.45, 2.75) is 70.4 Å². The van der Waals surface area contributed by atoms with Gasteiger partial charge in [-0.15, -0.1) is 0 Å². The molecule has 3 aromatic rings. The molecular formula is C31H43F2N7O2. The lowest BCUT2D eigenvalue weighted by molar-refractivity contribution is 0.00908. The summed E-state index contributed by atoms with van der Waals surface area (Å²) in [6, 6.07) is 9.43. The third-order valence-electron chi connectivity index (χ3n) is 8.71. The maximum atomic E-state index is 14.2. The summed E-state index contributed by atoms with van der Waals surface area (Å²) in [6.07, 6.45) is 4.25. The number of hydrogen-bond acceptors (Lipinski definition) is 8. The molecular weight excluding hydrogens is 540 g/mol. The summed E-state index contributed by atoms with van der Waals surface area (Å²) in [5.41, 5.74) is 0.398. The van der Waals surface area contributed by atoms with Crippen LogP contribution in [0.3, 0.4) is 0 Å². The number of hydrogen-bond donors (Lipinski definition) is 2. The number of alkyl halides is 2. The van der Waals surface area contributed by atoms with Gasteiger partial charge in [0.2, 0.25) is 5.95 Å². The van der Waals surface area contributed by atoms with Crippen LogP contribution >= 0.6 is 0 Å². The van der Waals surface area contributed by atoms with E-state index in [9.17, 15) is 13.9 Å². The molecule has 1 aromatic carbocycles. The highest BCUT2D eigenvalue weighted by atomic mass is 19.3. The zero-order valence-corrected chi connectivity index (χ0v) is 24.7. The number of ether oxygens (including phenoxy) is 1. The monoisotopic (exact) mass is 583 g/mol. The molecule has 3 heterocycles. The van der Waals surface area contributed by atoms with Gasteiger partial charge < -0.3 is 20.1 Å². The van der Waals surface area contributed by atoms with Crippen molar-refractivity contribution in [1.29, 1.82) is 0 Å². The second-order valence-corrected chi connectivity index (χ2v) is 12.8. The second kappa shape index (κ2) is 12.4. The molecule has 2 saturated carbocycles. The highest BCUT2D eigenvalue weighted by Crippen LogP contribution is 2.35. The average molecular weight is 584 g/mol. The Hall–Kier alpha value is -2.89. The van der Waals surface area contributed by atoms with Crippen molar-refractivity contribution in [3.8, 4) is 5.82 Å². The first-order valence-electron chi connectivity index (χ1n) is 15.4. The van der Waals surface area contributed by atoms with E-state index in [1.165, 1.54) is 17.4 Å². The summed E-state index contributed by atoms with van der Waals surface area (Å²) in [5, 5.41) is 14.0. The number of rotatable bonds is 11. The van der Waals surface area contributed by atoms with Crippen LogP contribution in [0.1, 0.15) is 64.6 Å². The van der Waals surface area contributed by atoms with Gasteiger partial charge in [0.25, 0.3) is 6.43 Å². The number of nitrogens with zero attached hydrogens (tertiary/aromatic N) is 6. The van der Waals surface area contributed by atoms with Crippen LogP contribution < -0.4 is 10.2 Å². The SMILES string of the molecule is CC(C)(O)CN(CC1CC1)[C@H]1CC[C@H](CNc2nc(N3CCOCC3)cc(-n3c(C(F)F)nc4ccccc43)n2)CC1. The van der Waals surface area contributed by atoms with Crippen molar-refractivity contribution in [2.24, 2.45) is 11.8 Å². The second-order valence-electron chi connectivity index (χ2n) is 12.8. The Kier molecular flexibility index (Phi) is 8.61. The van der Waals surface area contributed by atoms with E-state index >= 15 is 0 Å². The molecule has 42 heavy (non-hydrogen) atoms. The molecule has 0 bridgehead atoms. The number of benzene rings is 1. The van der Waals surface area contributed by atoms with Gasteiger partial charge in [0.1, 0.15) is 11.6 Å². The quantitative estimate of drug-likeness (QED) is 0.324. The summed E-state index contributed by atoms with van der Waals surface area (Å²) in [7, 11) is 0. The van der Waals surface area contributed by atoms with Gasteiger partial charge in [0.15, 0.2) is 5.82 Å². The Morgan fingerprint density at radius 2 is 1.69 bits per heavy atom. The number of fused-ring (bicyclic) bond motifs is 1. The maximum Gasteiger partial charge on any atom is 0.296 e. The van der Waals surface area contributed by atoms with E-state index < -0.39 is 12.0 Å². The largest absolute Gasteiger partial charge is 0.389 e. The Morgan fingerprint density at radius 1 is 1.00 bits per heavy atom. The van der Waals surface area contributed by atoms with Crippen LogP contribution in [0.15, 0.2) is 30.3 Å². The van der Waals surface area contributed by atoms with Crippen LogP contribution in [0, 0.1) is 11.8 Å². The molecule has 0 atom stereocenters. The first kappa shape index (κ1) is 29.2. The summed E-state index contributed by atoms with van der Waals surface area (Å²) < 4.78 is 35.3. The summed E-state index contributed by atoms with van der Waals surface area (Å²) in [5.74, 6) is 2.44. The van der Waals surface area contributed by atoms with Gasteiger partial charge in [-0.25, -0.2) is 13.8 Å². The lowest BCUT2D eigenvalue weighted by Crippen LogP contribution is -2.47. The van der Waals surface area contributed by atoms with Gasteiger partial charge in [0.05, 0.1) is 29.8 Å². The Morgan fingerprint density at radius 3 is 2.38 bits per heavy atom. The molecule has 0 amide bonds. The first-order chi connectivity index (χ1) is 20.2. The Bertz CT molecular complexity index is 1340. The molecule has 9 nitrogen and oxygen atoms in total. The molecule has 228 valence electrons. The number of para-hydroxylation sites is 2. The predicted octanol–water partition coefficient (Wildman–Crippen LogP) is 5.04. The molecule has 0 unspecified atom stereocenters. The molecule has 1 saturated heterocycles. The topological polar surface area (TPSA) is 91.6 Å². The zero-order chi connectivity index (χ0) is 29.3. The molecule has 11 heteroatoms. The van der Waals surface area contributed by atoms with E-state index in [0.717, 1.165) is 44.7 Å². The standard InChI is InChI=1S/C31H43F2N7O2/c1-31(2,41)20-39(19-22-7-8-22)23-11-9-21(10-12-23)18-34-30-36-26(38-13-15-42-16-14-38)17-27(37-30)40-25-6-4-3-5-24(25)35-29(40)28(32)33/h3-6,17,21-23,28,41H,7-16,18-20H2,1-2H3,(H,34,36,37)/t21-,23-. The minimum absolute atomic E-state index is 0.325. The highest BCUT2D eigenvalue weighted by Gasteiger charge is 2.33. The number of morpholine rings is 1. The van der Waals surface area contributed by atoms with Crippen LogP contribution in [-0.4, -0.2) is 87.1 Å². The minimum Gasteiger partial charge on any atom is -0.389 e. The summed E-state index contributed by atoms with van der Waals surface area (Å²) in [4.78, 5) is 18.4. The molecule has 0 radical (unpaired) electrons. The van der Waals surface area contributed by atoms with Gasteiger partial charge in [-0.05, 0) is 76.3 Å². The van der Waals surface area contributed by atoms with Gasteiger partial charge in [0, 0.05) is 44.8 Å². The van der Waals surface area contributed by atoms with Gasteiger partial charge in [-0.3, -0.25) is 9.47 Å². The van der Waals surface area contributed by atoms with Crippen molar-refractivity contribution in [2.75, 3.05) is 56.2 Å². The van der Waals surface area contributed by atoms with E-state index in [-0.39, 0.29) is 5.82 Å². The lowest BCUT2D eigenvalue weighted by atomic mass is 9.84. The van der Waals surface area contributed by atoms with E-state index in [4.69, 9.17) is 14.7 Å². The average Bonchev–Trinajstić information content (AvgIpc) is 3.71. The number of aromatic nitrogens is 4. The third kappa shape index (κ3) is 7.01. The molecule has 3 fully saturated rings. The smallest absolute Gasteiger partial charge is 0.296 e. The fraction of sp³-hybridized carbons (Fsp3) is 0.645. The van der Waals surface area contributed by atoms with Gasteiger partial charge in [-0.1, -0.05) is 12.1 Å². The van der Waals surface area contributed by atoms with Crippen LogP contribution in [0.2, 0.25) is 0 Å². The van der Waals surface area contributed by atoms with Gasteiger partial charge >= 0.3 is 0 Å². The number of imidazole rings is 1. The zero-order valence-electron chi connectivity index (χ0n) is 24.7. The molecule has 3 aliphatic rings. The minimum atomic E-state index is -2.75. The van der Waals surface area contributed by atoms with Crippen LogP contribution in [-0.2, 0) is 4.74 Å². The lowest BCUT2D eigenvalue weighted by Gasteiger charge is -2.39. The van der Waals surface area contributed by atoms with E-state index in [0.29, 0.717) is 73.4 Å². The van der Waals surface area contributed by atoms with Crippen molar-refractivity contribution in [1.82, 2.24) is 24.4 Å². The highest BCUT2D eigenvalue weighted by molar-refractivity contribution is 5.78.